The lowest BCUT2D eigenvalue weighted by molar-refractivity contribution is -0.119. The Morgan fingerprint density at radius 2 is 1.70 bits per heavy atom. The maximum Gasteiger partial charge on any atom is 0.338 e. The molecule has 206 valence electrons. The fraction of sp³-hybridized carbons (Fsp3) is 0.167. The van der Waals surface area contributed by atoms with Crippen molar-refractivity contribution in [2.75, 3.05) is 17.5 Å². The highest BCUT2D eigenvalue weighted by molar-refractivity contribution is 7.92. The van der Waals surface area contributed by atoms with E-state index < -0.39 is 28.4 Å². The number of ether oxygens (including phenoxy) is 1. The number of carbonyl (C=O) groups excluding carboxylic acids is 2. The molecule has 9 nitrogen and oxygen atoms in total. The third-order valence-corrected chi connectivity index (χ3v) is 7.71. The number of carbonyl (C=O) groups is 2. The van der Waals surface area contributed by atoms with E-state index in [1.807, 2.05) is 19.1 Å². The molecule has 1 N–H and O–H groups in total. The van der Waals surface area contributed by atoms with Crippen molar-refractivity contribution in [2.24, 2.45) is 5.10 Å². The van der Waals surface area contributed by atoms with Gasteiger partial charge in [-0.05, 0) is 74.4 Å². The fourth-order valence-electron chi connectivity index (χ4n) is 3.90. The van der Waals surface area contributed by atoms with E-state index >= 15 is 0 Å². The van der Waals surface area contributed by atoms with Crippen molar-refractivity contribution in [1.29, 1.82) is 0 Å². The number of nitrogens with one attached hydrogen (secondary N) is 1. The van der Waals surface area contributed by atoms with Gasteiger partial charge in [0.25, 0.3) is 15.9 Å². The van der Waals surface area contributed by atoms with Gasteiger partial charge < -0.3 is 9.15 Å². The number of benzene rings is 3. The first-order valence-electron chi connectivity index (χ1n) is 12.5. The lowest BCUT2D eigenvalue weighted by Crippen LogP contribution is -2.40. The Morgan fingerprint density at radius 3 is 2.40 bits per heavy atom. The normalized spacial score (nSPS) is 11.4. The third kappa shape index (κ3) is 6.65. The van der Waals surface area contributed by atoms with Crippen LogP contribution in [0.2, 0.25) is 0 Å². The van der Waals surface area contributed by atoms with Gasteiger partial charge in [-0.3, -0.25) is 9.10 Å². The predicted molar refractivity (Wildman–Crippen MR) is 153 cm³/mol. The number of nitrogens with zero attached hydrogens (tertiary/aromatic N) is 2. The summed E-state index contributed by atoms with van der Waals surface area (Å²) in [5, 5.41) is 3.95. The zero-order valence-electron chi connectivity index (χ0n) is 22.3. The Balaban J connectivity index is 1.47. The summed E-state index contributed by atoms with van der Waals surface area (Å²) in [4.78, 5) is 24.8. The van der Waals surface area contributed by atoms with E-state index in [4.69, 9.17) is 9.15 Å². The minimum atomic E-state index is -4.03. The van der Waals surface area contributed by atoms with Crippen LogP contribution in [-0.4, -0.2) is 39.7 Å². The first-order valence-corrected chi connectivity index (χ1v) is 14.0. The molecule has 1 heterocycles. The molecular formula is C30H29N3O6S. The molecule has 40 heavy (non-hydrogen) atoms. The van der Waals surface area contributed by atoms with Crippen molar-refractivity contribution in [1.82, 2.24) is 5.43 Å². The molecule has 4 aromatic rings. The molecule has 10 heteroatoms. The summed E-state index contributed by atoms with van der Waals surface area (Å²) in [7, 11) is -4.03. The second-order valence-electron chi connectivity index (χ2n) is 8.91. The number of anilines is 1. The molecule has 0 saturated carbocycles. The zero-order chi connectivity index (χ0) is 28.7. The number of hydrogen-bond acceptors (Lipinski definition) is 7. The largest absolute Gasteiger partial charge is 0.462 e. The summed E-state index contributed by atoms with van der Waals surface area (Å²) in [5.74, 6) is -0.117. The quantitative estimate of drug-likeness (QED) is 0.164. The molecule has 0 aliphatic carbocycles. The van der Waals surface area contributed by atoms with Crippen LogP contribution in [0.3, 0.4) is 0 Å². The lowest BCUT2D eigenvalue weighted by atomic mass is 10.1. The standard InChI is InChI=1S/C30H29N3O6S/c1-4-38-30(35)24-14-12-23(13-15-24)28-17-16-25(39-28)19-31-32-29(34)20-33(27-18-21(2)10-11-22(27)3)40(36,37)26-8-6-5-7-9-26/h5-19H,4,20H2,1-3H3,(H,32,34)/b31-19+. The van der Waals surface area contributed by atoms with Crippen molar-refractivity contribution in [2.45, 2.75) is 25.7 Å². The summed E-state index contributed by atoms with van der Waals surface area (Å²) >= 11 is 0. The van der Waals surface area contributed by atoms with Crippen molar-refractivity contribution >= 4 is 33.8 Å². The van der Waals surface area contributed by atoms with Gasteiger partial charge >= 0.3 is 5.97 Å². The molecule has 0 aliphatic rings. The van der Waals surface area contributed by atoms with Crippen LogP contribution in [0.15, 0.2) is 99.3 Å². The van der Waals surface area contributed by atoms with Gasteiger partial charge in [0.15, 0.2) is 0 Å². The number of rotatable bonds is 10. The van der Waals surface area contributed by atoms with Gasteiger partial charge in [-0.2, -0.15) is 5.10 Å². The summed E-state index contributed by atoms with van der Waals surface area (Å²) in [6.07, 6.45) is 1.32. The highest BCUT2D eigenvalue weighted by atomic mass is 32.2. The molecule has 0 bridgehead atoms. The predicted octanol–water partition coefficient (Wildman–Crippen LogP) is 5.09. The molecule has 0 spiro atoms. The lowest BCUT2D eigenvalue weighted by Gasteiger charge is -2.25. The summed E-state index contributed by atoms with van der Waals surface area (Å²) in [6.45, 7) is 5.21. The van der Waals surface area contributed by atoms with Gasteiger partial charge in [-0.15, -0.1) is 0 Å². The second-order valence-corrected chi connectivity index (χ2v) is 10.8. The Bertz CT molecular complexity index is 1630. The molecule has 0 radical (unpaired) electrons. The van der Waals surface area contributed by atoms with Crippen LogP contribution in [0.4, 0.5) is 5.69 Å². The van der Waals surface area contributed by atoms with Crippen LogP contribution < -0.4 is 9.73 Å². The van der Waals surface area contributed by atoms with Crippen LogP contribution in [-0.2, 0) is 19.6 Å². The van der Waals surface area contributed by atoms with Crippen LogP contribution in [0.25, 0.3) is 11.3 Å². The van der Waals surface area contributed by atoms with E-state index in [2.05, 4.69) is 10.5 Å². The number of esters is 1. The van der Waals surface area contributed by atoms with Crippen LogP contribution in [0.1, 0.15) is 34.2 Å². The van der Waals surface area contributed by atoms with Crippen molar-refractivity contribution < 1.29 is 27.2 Å². The maximum atomic E-state index is 13.5. The molecule has 0 fully saturated rings. The van der Waals surface area contributed by atoms with E-state index in [0.29, 0.717) is 34.9 Å². The molecule has 0 unspecified atom stereocenters. The van der Waals surface area contributed by atoms with Crippen molar-refractivity contribution in [3.63, 3.8) is 0 Å². The highest BCUT2D eigenvalue weighted by Crippen LogP contribution is 2.28. The fourth-order valence-corrected chi connectivity index (χ4v) is 5.40. The number of sulfonamides is 1. The van der Waals surface area contributed by atoms with E-state index in [0.717, 1.165) is 15.4 Å². The zero-order valence-corrected chi connectivity index (χ0v) is 23.1. The molecule has 3 aromatic carbocycles. The number of furan rings is 1. The van der Waals surface area contributed by atoms with Gasteiger partial charge in [-0.25, -0.2) is 18.6 Å². The summed E-state index contributed by atoms with van der Waals surface area (Å²) < 4.78 is 38.9. The number of amides is 1. The molecular weight excluding hydrogens is 530 g/mol. The van der Waals surface area contributed by atoms with Crippen LogP contribution in [0.5, 0.6) is 0 Å². The molecule has 0 aliphatic heterocycles. The van der Waals surface area contributed by atoms with Crippen LogP contribution in [0, 0.1) is 13.8 Å². The second kappa shape index (κ2) is 12.4. The van der Waals surface area contributed by atoms with Crippen molar-refractivity contribution in [3.8, 4) is 11.3 Å². The van der Waals surface area contributed by atoms with Gasteiger partial charge in [-0.1, -0.05) is 42.5 Å². The third-order valence-electron chi connectivity index (χ3n) is 5.94. The smallest absolute Gasteiger partial charge is 0.338 e. The van der Waals surface area contributed by atoms with Gasteiger partial charge in [0.05, 0.1) is 29.0 Å². The van der Waals surface area contributed by atoms with E-state index in [1.165, 1.54) is 18.3 Å². The summed E-state index contributed by atoms with van der Waals surface area (Å²) in [5.41, 5.74) is 5.54. The highest BCUT2D eigenvalue weighted by Gasteiger charge is 2.28. The molecule has 0 saturated heterocycles. The van der Waals surface area contributed by atoms with Gasteiger partial charge in [0.1, 0.15) is 18.1 Å². The molecule has 4 rings (SSSR count). The molecule has 0 atom stereocenters. The molecule has 1 aromatic heterocycles. The maximum absolute atomic E-state index is 13.5. The SMILES string of the molecule is CCOC(=O)c1ccc(-c2ccc(/C=N/NC(=O)CN(c3cc(C)ccc3C)S(=O)(=O)c3ccccc3)o2)cc1. The number of hydrogen-bond donors (Lipinski definition) is 1. The Hall–Kier alpha value is -4.70. The Morgan fingerprint density at radius 1 is 0.975 bits per heavy atom. The number of hydrazone groups is 1. The Labute approximate surface area is 233 Å². The average Bonchev–Trinajstić information content (AvgIpc) is 3.43. The van der Waals surface area contributed by atoms with Crippen molar-refractivity contribution in [3.05, 3.63) is 107 Å². The van der Waals surface area contributed by atoms with E-state index in [-0.39, 0.29) is 4.90 Å². The molecule has 1 amide bonds. The van der Waals surface area contributed by atoms with Gasteiger partial charge in [0, 0.05) is 5.56 Å². The first-order chi connectivity index (χ1) is 19.2. The average molecular weight is 560 g/mol. The minimum absolute atomic E-state index is 0.0746. The topological polar surface area (TPSA) is 118 Å². The van der Waals surface area contributed by atoms with Gasteiger partial charge in [0.2, 0.25) is 0 Å². The minimum Gasteiger partial charge on any atom is -0.462 e. The summed E-state index contributed by atoms with van der Waals surface area (Å²) in [6, 6.07) is 23.6. The Kier molecular flexibility index (Phi) is 8.80. The number of aryl methyl sites for hydroxylation is 2. The van der Waals surface area contributed by atoms with E-state index in [9.17, 15) is 18.0 Å². The first kappa shape index (κ1) is 28.3. The monoisotopic (exact) mass is 559 g/mol. The van der Waals surface area contributed by atoms with E-state index in [1.54, 1.807) is 74.5 Å². The van der Waals surface area contributed by atoms with Crippen LogP contribution >= 0.6 is 0 Å².